The van der Waals surface area contributed by atoms with Crippen LogP contribution in [0.4, 0.5) is 0 Å². The fourth-order valence-electron chi connectivity index (χ4n) is 2.70. The van der Waals surface area contributed by atoms with Crippen LogP contribution in [-0.2, 0) is 0 Å². The zero-order valence-electron chi connectivity index (χ0n) is 11.2. The molecule has 1 saturated carbocycles. The van der Waals surface area contributed by atoms with E-state index in [2.05, 4.69) is 49.5 Å². The van der Waals surface area contributed by atoms with Gasteiger partial charge in [0.25, 0.3) is 0 Å². The molecule has 0 spiro atoms. The monoisotopic (exact) mass is 327 g/mol. The number of pyridine rings is 2. The first-order valence-corrected chi connectivity index (χ1v) is 7.62. The van der Waals surface area contributed by atoms with Crippen molar-refractivity contribution in [2.75, 3.05) is 0 Å². The zero-order chi connectivity index (χ0) is 13.7. The van der Waals surface area contributed by atoms with Crippen LogP contribution in [0.3, 0.4) is 0 Å². The second-order valence-electron chi connectivity index (χ2n) is 5.40. The summed E-state index contributed by atoms with van der Waals surface area (Å²) in [6.45, 7) is 2.18. The van der Waals surface area contributed by atoms with Gasteiger partial charge in [-0.1, -0.05) is 6.07 Å². The van der Waals surface area contributed by atoms with E-state index in [1.54, 1.807) is 0 Å². The van der Waals surface area contributed by atoms with Crippen LogP contribution in [0.1, 0.15) is 29.9 Å². The molecule has 3 aromatic heterocycles. The molecule has 0 N–H and O–H groups in total. The minimum absolute atomic E-state index is 0.741. The molecule has 3 heterocycles. The van der Waals surface area contributed by atoms with Gasteiger partial charge in [0.2, 0.25) is 0 Å². The summed E-state index contributed by atoms with van der Waals surface area (Å²) in [6, 6.07) is 8.13. The molecule has 0 unspecified atom stereocenters. The van der Waals surface area contributed by atoms with Crippen LogP contribution in [-0.4, -0.2) is 14.4 Å². The molecule has 0 aliphatic heterocycles. The highest BCUT2D eigenvalue weighted by Crippen LogP contribution is 2.42. The van der Waals surface area contributed by atoms with Crippen LogP contribution in [0, 0.1) is 6.92 Å². The molecule has 1 aliphatic carbocycles. The van der Waals surface area contributed by atoms with E-state index in [1.165, 1.54) is 24.0 Å². The predicted molar refractivity (Wildman–Crippen MR) is 82.8 cm³/mol. The Kier molecular flexibility index (Phi) is 2.67. The van der Waals surface area contributed by atoms with Gasteiger partial charge in [-0.25, -0.2) is 9.97 Å². The van der Waals surface area contributed by atoms with Gasteiger partial charge in [0, 0.05) is 6.20 Å². The number of hydrogen-bond acceptors (Lipinski definition) is 2. The van der Waals surface area contributed by atoms with Gasteiger partial charge in [-0.05, 0) is 70.9 Å². The Morgan fingerprint density at radius 1 is 1.30 bits per heavy atom. The van der Waals surface area contributed by atoms with E-state index in [1.807, 2.05) is 24.4 Å². The molecular weight excluding hydrogens is 314 g/mol. The van der Waals surface area contributed by atoms with Gasteiger partial charge in [-0.2, -0.15) is 0 Å². The smallest absolute Gasteiger partial charge is 0.137 e. The first-order chi connectivity index (χ1) is 9.72. The molecule has 20 heavy (non-hydrogen) atoms. The van der Waals surface area contributed by atoms with Crippen molar-refractivity contribution in [2.45, 2.75) is 25.7 Å². The average Bonchev–Trinajstić information content (AvgIpc) is 3.19. The highest BCUT2D eigenvalue weighted by Gasteiger charge is 2.26. The van der Waals surface area contributed by atoms with Crippen LogP contribution >= 0.6 is 15.9 Å². The lowest BCUT2D eigenvalue weighted by Gasteiger charge is -2.07. The zero-order valence-corrected chi connectivity index (χ0v) is 12.8. The lowest BCUT2D eigenvalue weighted by Crippen LogP contribution is -1.95. The third kappa shape index (κ3) is 1.95. The topological polar surface area (TPSA) is 30.2 Å². The second kappa shape index (κ2) is 4.42. The molecule has 1 aliphatic rings. The molecular formula is C16H14BrN3. The number of nitrogens with zero attached hydrogens (tertiary/aromatic N) is 3. The maximum atomic E-state index is 4.53. The first-order valence-electron chi connectivity index (χ1n) is 6.83. The summed E-state index contributed by atoms with van der Waals surface area (Å²) in [5.74, 6) is 0.741. The molecule has 3 aromatic rings. The first kappa shape index (κ1) is 12.1. The SMILES string of the molecule is Cc1cc2ncc(-c3cccc(Br)n3)n2cc1C1CC1. The number of aromatic nitrogens is 3. The molecule has 0 amide bonds. The highest BCUT2D eigenvalue weighted by molar-refractivity contribution is 9.10. The summed E-state index contributed by atoms with van der Waals surface area (Å²) in [7, 11) is 0. The van der Waals surface area contributed by atoms with Crippen LogP contribution in [0.5, 0.6) is 0 Å². The van der Waals surface area contributed by atoms with Crippen molar-refractivity contribution in [3.05, 3.63) is 52.4 Å². The van der Waals surface area contributed by atoms with Gasteiger partial charge >= 0.3 is 0 Å². The lowest BCUT2D eigenvalue weighted by molar-refractivity contribution is 1.03. The van der Waals surface area contributed by atoms with Crippen molar-refractivity contribution >= 4 is 21.6 Å². The molecule has 0 bridgehead atoms. The number of rotatable bonds is 2. The Balaban J connectivity index is 1.94. The van der Waals surface area contributed by atoms with E-state index in [0.717, 1.165) is 27.6 Å². The largest absolute Gasteiger partial charge is 0.298 e. The summed E-state index contributed by atoms with van der Waals surface area (Å²) in [5.41, 5.74) is 5.77. The highest BCUT2D eigenvalue weighted by atomic mass is 79.9. The Hall–Kier alpha value is -1.68. The molecule has 0 radical (unpaired) electrons. The van der Waals surface area contributed by atoms with Gasteiger partial charge in [-0.3, -0.25) is 4.40 Å². The Morgan fingerprint density at radius 3 is 2.90 bits per heavy atom. The summed E-state index contributed by atoms with van der Waals surface area (Å²) in [4.78, 5) is 9.05. The summed E-state index contributed by atoms with van der Waals surface area (Å²) >= 11 is 3.43. The molecule has 0 atom stereocenters. The third-order valence-corrected chi connectivity index (χ3v) is 4.33. The number of aryl methyl sites for hydroxylation is 1. The molecule has 0 aromatic carbocycles. The number of halogens is 1. The minimum Gasteiger partial charge on any atom is -0.298 e. The summed E-state index contributed by atoms with van der Waals surface area (Å²) in [6.07, 6.45) is 6.77. The maximum Gasteiger partial charge on any atom is 0.137 e. The maximum absolute atomic E-state index is 4.53. The molecule has 0 saturated heterocycles. The second-order valence-corrected chi connectivity index (χ2v) is 6.22. The Labute approximate surface area is 125 Å². The van der Waals surface area contributed by atoms with Crippen molar-refractivity contribution in [1.82, 2.24) is 14.4 Å². The standard InChI is InChI=1S/C16H14BrN3/c1-10-7-16-18-8-14(13-3-2-4-15(17)19-13)20(16)9-12(10)11-5-6-11/h2-4,7-9,11H,5-6H2,1H3. The lowest BCUT2D eigenvalue weighted by atomic mass is 10.1. The number of imidazole rings is 1. The van der Waals surface area contributed by atoms with E-state index in [9.17, 15) is 0 Å². The van der Waals surface area contributed by atoms with Gasteiger partial charge < -0.3 is 0 Å². The predicted octanol–water partition coefficient (Wildman–Crippen LogP) is 4.34. The van der Waals surface area contributed by atoms with Crippen LogP contribution < -0.4 is 0 Å². The van der Waals surface area contributed by atoms with Gasteiger partial charge in [-0.15, -0.1) is 0 Å². The quantitative estimate of drug-likeness (QED) is 0.655. The van der Waals surface area contributed by atoms with Crippen LogP contribution in [0.25, 0.3) is 17.0 Å². The van der Waals surface area contributed by atoms with Crippen molar-refractivity contribution in [1.29, 1.82) is 0 Å². The Morgan fingerprint density at radius 2 is 2.15 bits per heavy atom. The number of hydrogen-bond donors (Lipinski definition) is 0. The molecule has 4 rings (SSSR count). The van der Waals surface area contributed by atoms with E-state index < -0.39 is 0 Å². The van der Waals surface area contributed by atoms with Crippen molar-refractivity contribution in [2.24, 2.45) is 0 Å². The van der Waals surface area contributed by atoms with Gasteiger partial charge in [0.05, 0.1) is 17.6 Å². The van der Waals surface area contributed by atoms with Crippen molar-refractivity contribution < 1.29 is 0 Å². The Bertz CT molecular complexity index is 803. The van der Waals surface area contributed by atoms with Crippen LogP contribution in [0.2, 0.25) is 0 Å². The number of fused-ring (bicyclic) bond motifs is 1. The van der Waals surface area contributed by atoms with Gasteiger partial charge in [0.15, 0.2) is 0 Å². The normalized spacial score (nSPS) is 14.9. The van der Waals surface area contributed by atoms with Gasteiger partial charge in [0.1, 0.15) is 10.3 Å². The summed E-state index contributed by atoms with van der Waals surface area (Å²) < 4.78 is 3.01. The molecule has 3 nitrogen and oxygen atoms in total. The fourth-order valence-corrected chi connectivity index (χ4v) is 3.04. The van der Waals surface area contributed by atoms with E-state index in [4.69, 9.17) is 0 Å². The summed E-state index contributed by atoms with van der Waals surface area (Å²) in [5, 5.41) is 0. The van der Waals surface area contributed by atoms with Crippen LogP contribution in [0.15, 0.2) is 41.3 Å². The van der Waals surface area contributed by atoms with Crippen molar-refractivity contribution in [3.8, 4) is 11.4 Å². The fraction of sp³-hybridized carbons (Fsp3) is 0.250. The van der Waals surface area contributed by atoms with Crippen molar-refractivity contribution in [3.63, 3.8) is 0 Å². The molecule has 1 fully saturated rings. The van der Waals surface area contributed by atoms with E-state index in [-0.39, 0.29) is 0 Å². The third-order valence-electron chi connectivity index (χ3n) is 3.89. The minimum atomic E-state index is 0.741. The average molecular weight is 328 g/mol. The molecule has 100 valence electrons. The van der Waals surface area contributed by atoms with E-state index >= 15 is 0 Å². The van der Waals surface area contributed by atoms with E-state index in [0.29, 0.717) is 0 Å². The molecule has 4 heteroatoms.